The second kappa shape index (κ2) is 11.5. The first kappa shape index (κ1) is 29.4. The highest BCUT2D eigenvalue weighted by molar-refractivity contribution is 7.46. The Hall–Kier alpha value is -3.56. The van der Waals surface area contributed by atoms with Gasteiger partial charge < -0.3 is 14.5 Å². The van der Waals surface area contributed by atoms with Crippen LogP contribution in [0.15, 0.2) is 46.2 Å². The van der Waals surface area contributed by atoms with E-state index in [1.54, 1.807) is 13.8 Å². The van der Waals surface area contributed by atoms with Crippen molar-refractivity contribution in [3.05, 3.63) is 68.6 Å². The van der Waals surface area contributed by atoms with Crippen molar-refractivity contribution >= 4 is 19.0 Å². The molecule has 0 amide bonds. The molecule has 0 saturated carbocycles. The van der Waals surface area contributed by atoms with E-state index in [1.165, 1.54) is 38.3 Å². The zero-order chi connectivity index (χ0) is 29.2. The van der Waals surface area contributed by atoms with Crippen LogP contribution in [-0.4, -0.2) is 45.0 Å². The Bertz CT molecular complexity index is 1680. The van der Waals surface area contributed by atoms with Crippen molar-refractivity contribution in [3.63, 3.8) is 0 Å². The lowest BCUT2D eigenvalue weighted by molar-refractivity contribution is -0.137. The van der Waals surface area contributed by atoms with Crippen LogP contribution in [0.25, 0.3) is 22.6 Å². The zero-order valence-corrected chi connectivity index (χ0v) is 22.3. The monoisotopic (exact) mass is 586 g/mol. The van der Waals surface area contributed by atoms with Crippen molar-refractivity contribution < 1.29 is 36.8 Å². The molecule has 2 N–H and O–H groups in total. The maximum atomic E-state index is 13.4. The summed E-state index contributed by atoms with van der Waals surface area (Å²) in [5.41, 5.74) is -1.23. The van der Waals surface area contributed by atoms with Crippen LogP contribution in [0.1, 0.15) is 31.4 Å². The smallest absolute Gasteiger partial charge is 0.334 e. The molecule has 0 bridgehead atoms. The van der Waals surface area contributed by atoms with E-state index < -0.39 is 44.3 Å². The first-order chi connectivity index (χ1) is 18.8. The summed E-state index contributed by atoms with van der Waals surface area (Å²) in [5.74, 6) is 0.134. The van der Waals surface area contributed by atoms with Gasteiger partial charge in [0.15, 0.2) is 18.0 Å². The maximum Gasteiger partial charge on any atom is 0.471 e. The fourth-order valence-corrected chi connectivity index (χ4v) is 4.39. The molecule has 0 radical (unpaired) electrons. The molecule has 216 valence electrons. The molecule has 0 fully saturated rings. The molecule has 0 spiro atoms. The molecule has 0 aliphatic rings. The third-order valence-electron chi connectivity index (χ3n) is 5.89. The summed E-state index contributed by atoms with van der Waals surface area (Å²) in [6.45, 7) is 2.59. The van der Waals surface area contributed by atoms with Gasteiger partial charge in [-0.3, -0.25) is 27.7 Å². The van der Waals surface area contributed by atoms with Gasteiger partial charge in [0.05, 0.1) is 23.9 Å². The summed E-state index contributed by atoms with van der Waals surface area (Å²) < 4.78 is 65.1. The molecule has 0 aliphatic heterocycles. The van der Waals surface area contributed by atoms with E-state index in [-0.39, 0.29) is 36.6 Å². The lowest BCUT2D eigenvalue weighted by Gasteiger charge is -2.12. The Balaban J connectivity index is 1.79. The van der Waals surface area contributed by atoms with Crippen LogP contribution in [0.4, 0.5) is 13.2 Å². The van der Waals surface area contributed by atoms with Crippen molar-refractivity contribution in [1.82, 2.24) is 28.5 Å². The van der Waals surface area contributed by atoms with Crippen LogP contribution in [0, 0.1) is 0 Å². The standard InChI is InChI=1S/C23H26F3N6O7P/c1-3-8-31-21(33)18-20(30(4-2)22(31)34)28-19(32(18)13-38-14-39-40(35,36)37)16-10-27-29(12-16)11-15-6-5-7-17(9-15)23(24,25)26/h5-7,9-10,12H,3-4,8,11,13-14H2,1-2H3,(H2,35,36,37). The molecular formula is C23H26F3N6O7P. The number of phosphoric ester groups is 1. The van der Waals surface area contributed by atoms with E-state index in [9.17, 15) is 27.3 Å². The Labute approximate surface area is 224 Å². The van der Waals surface area contributed by atoms with E-state index in [1.807, 2.05) is 0 Å². The predicted molar refractivity (Wildman–Crippen MR) is 135 cm³/mol. The number of rotatable bonds is 11. The molecular weight excluding hydrogens is 560 g/mol. The number of phosphoric acid groups is 1. The van der Waals surface area contributed by atoms with Gasteiger partial charge in [-0.15, -0.1) is 0 Å². The summed E-state index contributed by atoms with van der Waals surface area (Å²) >= 11 is 0. The van der Waals surface area contributed by atoms with Gasteiger partial charge in [0.2, 0.25) is 0 Å². The summed E-state index contributed by atoms with van der Waals surface area (Å²) in [4.78, 5) is 48.8. The van der Waals surface area contributed by atoms with Crippen LogP contribution in [0.2, 0.25) is 0 Å². The topological polar surface area (TPSA) is 156 Å². The normalized spacial score (nSPS) is 12.5. The van der Waals surface area contributed by atoms with Gasteiger partial charge in [0.1, 0.15) is 12.6 Å². The predicted octanol–water partition coefficient (Wildman–Crippen LogP) is 2.76. The molecule has 4 aromatic rings. The summed E-state index contributed by atoms with van der Waals surface area (Å²) in [6.07, 6.45) is -1.11. The van der Waals surface area contributed by atoms with Crippen molar-refractivity contribution in [2.45, 2.75) is 52.8 Å². The lowest BCUT2D eigenvalue weighted by atomic mass is 10.1. The number of alkyl halides is 3. The largest absolute Gasteiger partial charge is 0.471 e. The number of hydrogen-bond donors (Lipinski definition) is 2. The maximum absolute atomic E-state index is 13.4. The van der Waals surface area contributed by atoms with Gasteiger partial charge in [-0.25, -0.2) is 14.3 Å². The number of aryl methyl sites for hydroxylation is 1. The Morgan fingerprint density at radius 1 is 1.10 bits per heavy atom. The third kappa shape index (κ3) is 6.26. The quantitative estimate of drug-likeness (QED) is 0.153. The third-order valence-corrected chi connectivity index (χ3v) is 6.33. The average Bonchev–Trinajstić information content (AvgIpc) is 3.48. The van der Waals surface area contributed by atoms with Crippen molar-refractivity contribution in [2.75, 3.05) is 6.79 Å². The Morgan fingerprint density at radius 3 is 2.50 bits per heavy atom. The molecule has 4 rings (SSSR count). The number of imidazole rings is 1. The first-order valence-electron chi connectivity index (χ1n) is 12.0. The van der Waals surface area contributed by atoms with Gasteiger partial charge >= 0.3 is 19.7 Å². The minimum Gasteiger partial charge on any atom is -0.334 e. The first-order valence-corrected chi connectivity index (χ1v) is 13.6. The van der Waals surface area contributed by atoms with Crippen molar-refractivity contribution in [3.8, 4) is 11.4 Å². The number of fused-ring (bicyclic) bond motifs is 1. The van der Waals surface area contributed by atoms with E-state index in [0.29, 0.717) is 17.5 Å². The molecule has 0 saturated heterocycles. The molecule has 3 aromatic heterocycles. The fourth-order valence-electron chi connectivity index (χ4n) is 4.18. The second-order valence-electron chi connectivity index (χ2n) is 8.71. The number of aromatic nitrogens is 6. The zero-order valence-electron chi connectivity index (χ0n) is 21.4. The van der Waals surface area contributed by atoms with E-state index in [0.717, 1.165) is 16.7 Å². The lowest BCUT2D eigenvalue weighted by Crippen LogP contribution is -2.40. The number of nitrogens with zero attached hydrogens (tertiary/aromatic N) is 6. The number of halogens is 3. The van der Waals surface area contributed by atoms with E-state index in [4.69, 9.17) is 14.5 Å². The Morgan fingerprint density at radius 2 is 1.85 bits per heavy atom. The average molecular weight is 586 g/mol. The molecule has 1 aromatic carbocycles. The van der Waals surface area contributed by atoms with Gasteiger partial charge in [-0.1, -0.05) is 19.1 Å². The van der Waals surface area contributed by atoms with Crippen LogP contribution in [0.3, 0.4) is 0 Å². The van der Waals surface area contributed by atoms with Crippen LogP contribution in [0.5, 0.6) is 0 Å². The summed E-state index contributed by atoms with van der Waals surface area (Å²) in [6, 6.07) is 4.80. The van der Waals surface area contributed by atoms with Gasteiger partial charge in [0, 0.05) is 19.3 Å². The van der Waals surface area contributed by atoms with Crippen molar-refractivity contribution in [1.29, 1.82) is 0 Å². The highest BCUT2D eigenvalue weighted by Gasteiger charge is 2.30. The molecule has 3 heterocycles. The molecule has 13 nitrogen and oxygen atoms in total. The van der Waals surface area contributed by atoms with Gasteiger partial charge in [-0.2, -0.15) is 18.3 Å². The second-order valence-corrected chi connectivity index (χ2v) is 9.95. The number of hydrogen-bond acceptors (Lipinski definition) is 7. The number of ether oxygens (including phenoxy) is 1. The molecule has 0 atom stereocenters. The SMILES string of the molecule is CCCn1c(=O)c2c(nc(-c3cnn(Cc4cccc(C(F)(F)F)c4)c3)n2COCOP(=O)(O)O)n(CC)c1=O. The number of benzene rings is 1. The molecule has 0 aliphatic carbocycles. The highest BCUT2D eigenvalue weighted by atomic mass is 31.2. The van der Waals surface area contributed by atoms with Crippen molar-refractivity contribution in [2.24, 2.45) is 0 Å². The summed E-state index contributed by atoms with van der Waals surface area (Å²) in [7, 11) is -4.83. The highest BCUT2D eigenvalue weighted by Crippen LogP contribution is 2.35. The van der Waals surface area contributed by atoms with Crippen LogP contribution >= 0.6 is 7.82 Å². The fraction of sp³-hybridized carbons (Fsp3) is 0.391. The van der Waals surface area contributed by atoms with Crippen LogP contribution in [-0.2, 0) is 46.4 Å². The van der Waals surface area contributed by atoms with E-state index in [2.05, 4.69) is 14.6 Å². The Kier molecular flexibility index (Phi) is 8.46. The minimum atomic E-state index is -4.83. The van der Waals surface area contributed by atoms with E-state index >= 15 is 0 Å². The molecule has 0 unspecified atom stereocenters. The molecule has 40 heavy (non-hydrogen) atoms. The minimum absolute atomic E-state index is 0.000251. The van der Waals surface area contributed by atoms with Gasteiger partial charge in [0.25, 0.3) is 5.56 Å². The van der Waals surface area contributed by atoms with Crippen LogP contribution < -0.4 is 11.2 Å². The van der Waals surface area contributed by atoms with Gasteiger partial charge in [-0.05, 0) is 31.0 Å². The molecule has 17 heteroatoms. The summed E-state index contributed by atoms with van der Waals surface area (Å²) in [5, 5.41) is 4.21.